The van der Waals surface area contributed by atoms with E-state index in [1.165, 1.54) is 24.6 Å². The molecule has 0 spiro atoms. The lowest BCUT2D eigenvalue weighted by Gasteiger charge is -2.18. The maximum Gasteiger partial charge on any atom is 0.272 e. The number of pyridine rings is 1. The van der Waals surface area contributed by atoms with E-state index in [1.807, 2.05) is 13.8 Å². The molecule has 2 amide bonds. The zero-order chi connectivity index (χ0) is 17.4. The van der Waals surface area contributed by atoms with Crippen LogP contribution in [0.25, 0.3) is 0 Å². The summed E-state index contributed by atoms with van der Waals surface area (Å²) in [6.45, 7) is 5.74. The van der Waals surface area contributed by atoms with Crippen molar-refractivity contribution in [3.05, 3.63) is 41.2 Å². The van der Waals surface area contributed by atoms with Crippen LogP contribution in [0.5, 0.6) is 0 Å². The minimum atomic E-state index is -0.151. The van der Waals surface area contributed by atoms with Crippen molar-refractivity contribution in [1.29, 1.82) is 0 Å². The molecule has 0 saturated carbocycles. The number of hydrogen-bond donors (Lipinski definition) is 1. The van der Waals surface area contributed by atoms with Crippen molar-refractivity contribution in [2.75, 3.05) is 19.6 Å². The van der Waals surface area contributed by atoms with Gasteiger partial charge in [-0.3, -0.25) is 14.6 Å². The number of hydrogen-bond acceptors (Lipinski definition) is 3. The fraction of sp³-hybridized carbons (Fsp3) is 0.526. The lowest BCUT2D eigenvalue weighted by atomic mass is 9.97. The molecule has 0 unspecified atom stereocenters. The Morgan fingerprint density at radius 1 is 1.25 bits per heavy atom. The molecule has 1 N–H and O–H groups in total. The number of aromatic nitrogens is 1. The summed E-state index contributed by atoms with van der Waals surface area (Å²) in [7, 11) is 0. The van der Waals surface area contributed by atoms with E-state index in [0.29, 0.717) is 30.9 Å². The van der Waals surface area contributed by atoms with Crippen molar-refractivity contribution < 1.29 is 9.59 Å². The molecule has 5 nitrogen and oxygen atoms in total. The molecule has 0 aromatic carbocycles. The minimum Gasteiger partial charge on any atom is -0.352 e. The highest BCUT2D eigenvalue weighted by atomic mass is 16.2. The molecule has 0 bridgehead atoms. The quantitative estimate of drug-likeness (QED) is 0.782. The van der Waals surface area contributed by atoms with Crippen LogP contribution in [0.3, 0.4) is 0 Å². The first-order valence-corrected chi connectivity index (χ1v) is 8.87. The highest BCUT2D eigenvalue weighted by Crippen LogP contribution is 2.19. The molecule has 1 heterocycles. The number of amides is 2. The van der Waals surface area contributed by atoms with Crippen molar-refractivity contribution in [2.45, 2.75) is 46.0 Å². The molecule has 24 heavy (non-hydrogen) atoms. The van der Waals surface area contributed by atoms with Crippen molar-refractivity contribution in [2.24, 2.45) is 0 Å². The standard InChI is InChI=1S/C19H27N3O2/c1-3-22(4-2)19(24)17-14-16(11-13-20-17)18(23)21-12-10-15-8-6-5-7-9-15/h8,11,13-14H,3-7,9-10,12H2,1-2H3,(H,21,23). The summed E-state index contributed by atoms with van der Waals surface area (Å²) >= 11 is 0. The summed E-state index contributed by atoms with van der Waals surface area (Å²) < 4.78 is 0. The highest BCUT2D eigenvalue weighted by Gasteiger charge is 2.16. The molecular weight excluding hydrogens is 302 g/mol. The molecule has 0 atom stereocenters. The van der Waals surface area contributed by atoms with E-state index in [-0.39, 0.29) is 11.8 Å². The van der Waals surface area contributed by atoms with Gasteiger partial charge in [-0.15, -0.1) is 0 Å². The number of nitrogens with one attached hydrogen (secondary N) is 1. The van der Waals surface area contributed by atoms with Gasteiger partial charge in [0.25, 0.3) is 11.8 Å². The number of nitrogens with zero attached hydrogens (tertiary/aromatic N) is 2. The van der Waals surface area contributed by atoms with Crippen LogP contribution in [0.15, 0.2) is 30.0 Å². The third kappa shape index (κ3) is 4.91. The zero-order valence-electron chi connectivity index (χ0n) is 14.7. The molecule has 5 heteroatoms. The number of rotatable bonds is 7. The van der Waals surface area contributed by atoms with Gasteiger partial charge in [-0.1, -0.05) is 11.6 Å². The monoisotopic (exact) mass is 329 g/mol. The third-order valence-electron chi connectivity index (χ3n) is 4.41. The van der Waals surface area contributed by atoms with Crippen molar-refractivity contribution in [1.82, 2.24) is 15.2 Å². The van der Waals surface area contributed by atoms with Crippen LogP contribution >= 0.6 is 0 Å². The average Bonchev–Trinajstić information content (AvgIpc) is 2.63. The van der Waals surface area contributed by atoms with Gasteiger partial charge in [0.1, 0.15) is 5.69 Å². The Bertz CT molecular complexity index is 606. The molecule has 1 aromatic rings. The maximum absolute atomic E-state index is 12.3. The van der Waals surface area contributed by atoms with Crippen LogP contribution < -0.4 is 5.32 Å². The van der Waals surface area contributed by atoms with Gasteiger partial charge in [0.05, 0.1) is 0 Å². The molecular formula is C19H27N3O2. The fourth-order valence-electron chi connectivity index (χ4n) is 2.93. The Balaban J connectivity index is 1.93. The molecule has 0 radical (unpaired) electrons. The second-order valence-corrected chi connectivity index (χ2v) is 6.02. The zero-order valence-corrected chi connectivity index (χ0v) is 14.7. The van der Waals surface area contributed by atoms with Crippen molar-refractivity contribution in [3.8, 4) is 0 Å². The lowest BCUT2D eigenvalue weighted by Crippen LogP contribution is -2.31. The largest absolute Gasteiger partial charge is 0.352 e. The summed E-state index contributed by atoms with van der Waals surface area (Å²) in [4.78, 5) is 30.4. The van der Waals surface area contributed by atoms with Gasteiger partial charge in [0, 0.05) is 31.4 Å². The molecule has 1 aliphatic rings. The Morgan fingerprint density at radius 3 is 2.71 bits per heavy atom. The fourth-order valence-corrected chi connectivity index (χ4v) is 2.93. The van der Waals surface area contributed by atoms with Crippen LogP contribution in [0.4, 0.5) is 0 Å². The Hall–Kier alpha value is -2.17. The number of allylic oxidation sites excluding steroid dienone is 1. The predicted molar refractivity (Wildman–Crippen MR) is 95.0 cm³/mol. The molecule has 0 aliphatic heterocycles. The van der Waals surface area contributed by atoms with E-state index >= 15 is 0 Å². The first-order valence-electron chi connectivity index (χ1n) is 8.87. The first kappa shape index (κ1) is 18.2. The summed E-state index contributed by atoms with van der Waals surface area (Å²) in [6.07, 6.45) is 9.55. The molecule has 0 saturated heterocycles. The van der Waals surface area contributed by atoms with Gasteiger partial charge in [0.15, 0.2) is 0 Å². The van der Waals surface area contributed by atoms with Crippen molar-refractivity contribution >= 4 is 11.8 Å². The van der Waals surface area contributed by atoms with Crippen molar-refractivity contribution in [3.63, 3.8) is 0 Å². The van der Waals surface area contributed by atoms with Crippen LogP contribution in [-0.2, 0) is 0 Å². The average molecular weight is 329 g/mol. The maximum atomic E-state index is 12.3. The SMILES string of the molecule is CCN(CC)C(=O)c1cc(C(=O)NCCC2=CCCCC2)ccn1. The predicted octanol–water partition coefficient (Wildman–Crippen LogP) is 3.18. The van der Waals surface area contributed by atoms with E-state index in [1.54, 1.807) is 17.0 Å². The van der Waals surface area contributed by atoms with Gasteiger partial charge in [0.2, 0.25) is 0 Å². The van der Waals surface area contributed by atoms with E-state index in [4.69, 9.17) is 0 Å². The minimum absolute atomic E-state index is 0.137. The number of carbonyl (C=O) groups is 2. The highest BCUT2D eigenvalue weighted by molar-refractivity contribution is 5.98. The van der Waals surface area contributed by atoms with Gasteiger partial charge < -0.3 is 10.2 Å². The van der Waals surface area contributed by atoms with Gasteiger partial charge in [-0.25, -0.2) is 0 Å². The Morgan fingerprint density at radius 2 is 2.04 bits per heavy atom. The van der Waals surface area contributed by atoms with E-state index < -0.39 is 0 Å². The molecule has 130 valence electrons. The van der Waals surface area contributed by atoms with E-state index in [9.17, 15) is 9.59 Å². The van der Waals surface area contributed by atoms with Crippen LogP contribution in [0.2, 0.25) is 0 Å². The van der Waals surface area contributed by atoms with Gasteiger partial charge >= 0.3 is 0 Å². The normalized spacial score (nSPS) is 14.0. The molecule has 0 fully saturated rings. The number of carbonyl (C=O) groups excluding carboxylic acids is 2. The van der Waals surface area contributed by atoms with Gasteiger partial charge in [-0.2, -0.15) is 0 Å². The smallest absolute Gasteiger partial charge is 0.272 e. The topological polar surface area (TPSA) is 62.3 Å². The lowest BCUT2D eigenvalue weighted by molar-refractivity contribution is 0.0767. The van der Waals surface area contributed by atoms with Crippen LogP contribution in [-0.4, -0.2) is 41.3 Å². The van der Waals surface area contributed by atoms with E-state index in [0.717, 1.165) is 19.3 Å². The summed E-state index contributed by atoms with van der Waals surface area (Å²) in [5.74, 6) is -0.288. The molecule has 1 aromatic heterocycles. The summed E-state index contributed by atoms with van der Waals surface area (Å²) in [5.41, 5.74) is 2.24. The van der Waals surface area contributed by atoms with E-state index in [2.05, 4.69) is 16.4 Å². The summed E-state index contributed by atoms with van der Waals surface area (Å²) in [6, 6.07) is 3.23. The Labute approximate surface area is 144 Å². The summed E-state index contributed by atoms with van der Waals surface area (Å²) in [5, 5.41) is 2.94. The molecule has 2 rings (SSSR count). The van der Waals surface area contributed by atoms with Crippen LogP contribution in [0, 0.1) is 0 Å². The first-order chi connectivity index (χ1) is 11.7. The Kier molecular flexibility index (Phi) is 6.97. The second-order valence-electron chi connectivity index (χ2n) is 6.02. The van der Waals surface area contributed by atoms with Crippen LogP contribution in [0.1, 0.15) is 66.8 Å². The second kappa shape index (κ2) is 9.21. The third-order valence-corrected chi connectivity index (χ3v) is 4.41. The molecule has 1 aliphatic carbocycles. The van der Waals surface area contributed by atoms with Gasteiger partial charge in [-0.05, 0) is 58.1 Å².